The van der Waals surface area contributed by atoms with E-state index >= 15 is 0 Å². The lowest BCUT2D eigenvalue weighted by atomic mass is 9.58. The van der Waals surface area contributed by atoms with Crippen LogP contribution in [0.2, 0.25) is 10.0 Å². The summed E-state index contributed by atoms with van der Waals surface area (Å²) in [6.07, 6.45) is 12.8. The third kappa shape index (κ3) is 6.80. The van der Waals surface area contributed by atoms with Crippen molar-refractivity contribution in [3.8, 4) is 17.0 Å². The normalized spacial score (nSPS) is 23.1. The first-order chi connectivity index (χ1) is 21.2. The first-order valence-corrected chi connectivity index (χ1v) is 15.8. The number of nitrogens with zero attached hydrogens (tertiary/aromatic N) is 2. The van der Waals surface area contributed by atoms with Crippen molar-refractivity contribution in [2.24, 2.45) is 5.41 Å². The molecule has 11 heteroatoms. The summed E-state index contributed by atoms with van der Waals surface area (Å²) in [5.41, 5.74) is 3.49. The lowest BCUT2D eigenvalue weighted by molar-refractivity contribution is -0.137. The van der Waals surface area contributed by atoms with Crippen molar-refractivity contribution in [2.45, 2.75) is 88.8 Å². The molecule has 4 aliphatic rings. The molecule has 0 aliphatic heterocycles. The SMILES string of the molecule is O=C(O)CCc1cc(C=CC23CCC(OCc4c(-c5c(Cl)cncc5Cl)noc4C4CC4)(CC2)CC3)ccc1OCC(F)F. The summed E-state index contributed by atoms with van der Waals surface area (Å²) in [5, 5.41) is 14.3. The molecule has 0 spiro atoms. The molecule has 7 rings (SSSR count). The molecular formula is C33H34Cl2F2N2O5. The zero-order valence-electron chi connectivity index (χ0n) is 24.2. The molecule has 1 aromatic carbocycles. The van der Waals surface area contributed by atoms with Gasteiger partial charge in [0.05, 0.1) is 22.3 Å². The van der Waals surface area contributed by atoms with E-state index in [1.807, 2.05) is 12.1 Å². The molecule has 2 bridgehead atoms. The van der Waals surface area contributed by atoms with Gasteiger partial charge in [0, 0.05) is 35.9 Å². The second kappa shape index (κ2) is 12.8. The van der Waals surface area contributed by atoms with Gasteiger partial charge in [-0.3, -0.25) is 9.78 Å². The van der Waals surface area contributed by atoms with Crippen LogP contribution < -0.4 is 4.74 Å². The van der Waals surface area contributed by atoms with Gasteiger partial charge in [0.1, 0.15) is 23.8 Å². The van der Waals surface area contributed by atoms with Gasteiger partial charge in [-0.15, -0.1) is 0 Å². The molecule has 7 nitrogen and oxygen atoms in total. The maximum Gasteiger partial charge on any atom is 0.303 e. The highest BCUT2D eigenvalue weighted by atomic mass is 35.5. The zero-order chi connectivity index (χ0) is 30.9. The number of allylic oxidation sites excluding steroid dienone is 1. The molecule has 44 heavy (non-hydrogen) atoms. The minimum Gasteiger partial charge on any atom is -0.487 e. The quantitative estimate of drug-likeness (QED) is 0.198. The fourth-order valence-corrected chi connectivity index (χ4v) is 7.08. The van der Waals surface area contributed by atoms with Gasteiger partial charge in [-0.25, -0.2) is 8.78 Å². The summed E-state index contributed by atoms with van der Waals surface area (Å²) >= 11 is 13.0. The van der Waals surface area contributed by atoms with Crippen LogP contribution in [-0.2, 0) is 22.6 Å². The number of carbonyl (C=O) groups is 1. The summed E-state index contributed by atoms with van der Waals surface area (Å²) in [4.78, 5) is 15.2. The van der Waals surface area contributed by atoms with Gasteiger partial charge >= 0.3 is 5.97 Å². The minimum atomic E-state index is -2.60. The van der Waals surface area contributed by atoms with E-state index < -0.39 is 19.0 Å². The number of hydrogen-bond donors (Lipinski definition) is 1. The standard InChI is InChI=1S/C33H34Cl2F2N2O5/c34-24-16-38-17-25(35)29(24)30-23(31(44-39-30)21-2-3-21)18-43-33-12-9-32(10-13-33,11-14-33)8-7-20-1-5-26(42-19-27(36)37)22(15-20)4-6-28(40)41/h1,5,7-8,15-17,21,27H,2-4,6,9-14,18-19H2,(H,40,41). The number of carboxylic acid groups (broad SMARTS) is 1. The lowest BCUT2D eigenvalue weighted by Gasteiger charge is -2.52. The van der Waals surface area contributed by atoms with Crippen LogP contribution in [0.15, 0.2) is 41.2 Å². The Labute approximate surface area is 264 Å². The summed E-state index contributed by atoms with van der Waals surface area (Å²) < 4.78 is 43.2. The van der Waals surface area contributed by atoms with Crippen molar-refractivity contribution in [2.75, 3.05) is 6.61 Å². The van der Waals surface area contributed by atoms with E-state index in [2.05, 4.69) is 22.3 Å². The fourth-order valence-electron chi connectivity index (χ4n) is 6.54. The number of fused-ring (bicyclic) bond motifs is 3. The van der Waals surface area contributed by atoms with Crippen molar-refractivity contribution in [3.63, 3.8) is 0 Å². The van der Waals surface area contributed by atoms with Crippen LogP contribution in [0, 0.1) is 5.41 Å². The molecule has 4 saturated carbocycles. The van der Waals surface area contributed by atoms with Crippen molar-refractivity contribution in [1.82, 2.24) is 10.1 Å². The molecule has 0 amide bonds. The third-order valence-corrected chi connectivity index (χ3v) is 9.88. The fraction of sp³-hybridized carbons (Fsp3) is 0.485. The summed E-state index contributed by atoms with van der Waals surface area (Å²) in [6, 6.07) is 5.32. The van der Waals surface area contributed by atoms with E-state index in [1.54, 1.807) is 18.5 Å². The molecule has 1 N–H and O–H groups in total. The largest absolute Gasteiger partial charge is 0.487 e. The smallest absolute Gasteiger partial charge is 0.303 e. The van der Waals surface area contributed by atoms with Gasteiger partial charge in [0.25, 0.3) is 6.43 Å². The van der Waals surface area contributed by atoms with Gasteiger partial charge in [0.15, 0.2) is 0 Å². The van der Waals surface area contributed by atoms with E-state index in [0.717, 1.165) is 68.3 Å². The van der Waals surface area contributed by atoms with Crippen LogP contribution in [0.4, 0.5) is 8.78 Å². The predicted molar refractivity (Wildman–Crippen MR) is 162 cm³/mol. The van der Waals surface area contributed by atoms with Gasteiger partial charge in [-0.05, 0) is 86.5 Å². The first kappa shape index (κ1) is 31.0. The molecule has 2 aromatic heterocycles. The van der Waals surface area contributed by atoms with E-state index in [9.17, 15) is 13.6 Å². The number of aromatic nitrogens is 2. The van der Waals surface area contributed by atoms with Crippen molar-refractivity contribution in [3.05, 3.63) is 69.2 Å². The summed E-state index contributed by atoms with van der Waals surface area (Å²) in [5.74, 6) is 0.552. The Hall–Kier alpha value is -3.01. The lowest BCUT2D eigenvalue weighted by Crippen LogP contribution is -2.46. The van der Waals surface area contributed by atoms with Crippen molar-refractivity contribution >= 4 is 35.2 Å². The highest BCUT2D eigenvalue weighted by Crippen LogP contribution is 2.55. The Bertz CT molecular complexity index is 1510. The Kier molecular flexibility index (Phi) is 9.00. The molecule has 0 radical (unpaired) electrons. The number of pyridine rings is 1. The molecule has 3 aromatic rings. The number of halogens is 4. The molecule has 234 valence electrons. The maximum absolute atomic E-state index is 12.7. The van der Waals surface area contributed by atoms with Crippen LogP contribution in [-0.4, -0.2) is 39.8 Å². The average Bonchev–Trinajstić information content (AvgIpc) is 3.78. The van der Waals surface area contributed by atoms with Gasteiger partial charge in [-0.1, -0.05) is 46.6 Å². The Balaban J connectivity index is 1.13. The molecule has 0 atom stereocenters. The second-order valence-electron chi connectivity index (χ2n) is 12.3. The van der Waals surface area contributed by atoms with Crippen LogP contribution in [0.3, 0.4) is 0 Å². The molecular weight excluding hydrogens is 613 g/mol. The van der Waals surface area contributed by atoms with E-state index in [1.165, 1.54) is 0 Å². The number of alkyl halides is 2. The Morgan fingerprint density at radius 1 is 1.11 bits per heavy atom. The Morgan fingerprint density at radius 2 is 1.82 bits per heavy atom. The first-order valence-electron chi connectivity index (χ1n) is 15.0. The number of rotatable bonds is 13. The van der Waals surface area contributed by atoms with Crippen LogP contribution in [0.5, 0.6) is 5.75 Å². The highest BCUT2D eigenvalue weighted by molar-refractivity contribution is 6.38. The van der Waals surface area contributed by atoms with E-state index in [-0.39, 0.29) is 23.9 Å². The number of carboxylic acids is 1. The monoisotopic (exact) mass is 646 g/mol. The molecule has 0 saturated heterocycles. The van der Waals surface area contributed by atoms with Crippen molar-refractivity contribution in [1.29, 1.82) is 0 Å². The second-order valence-corrected chi connectivity index (χ2v) is 13.1. The van der Waals surface area contributed by atoms with Gasteiger partial charge < -0.3 is 19.1 Å². The van der Waals surface area contributed by atoms with E-state index in [4.69, 9.17) is 42.3 Å². The van der Waals surface area contributed by atoms with Crippen LogP contribution in [0.25, 0.3) is 17.3 Å². The van der Waals surface area contributed by atoms with E-state index in [0.29, 0.717) is 45.1 Å². The third-order valence-electron chi connectivity index (χ3n) is 9.30. The van der Waals surface area contributed by atoms with Crippen LogP contribution >= 0.6 is 23.2 Å². The number of ether oxygens (including phenoxy) is 2. The number of benzene rings is 1. The Morgan fingerprint density at radius 3 is 2.45 bits per heavy atom. The summed E-state index contributed by atoms with van der Waals surface area (Å²) in [6.45, 7) is -0.352. The molecule has 0 unspecified atom stereocenters. The number of hydrogen-bond acceptors (Lipinski definition) is 6. The van der Waals surface area contributed by atoms with Gasteiger partial charge in [0.2, 0.25) is 0 Å². The number of aliphatic carboxylic acids is 1. The zero-order valence-corrected chi connectivity index (χ0v) is 25.7. The minimum absolute atomic E-state index is 0.0524. The topological polar surface area (TPSA) is 94.7 Å². The van der Waals surface area contributed by atoms with Crippen molar-refractivity contribution < 1.29 is 32.7 Å². The summed E-state index contributed by atoms with van der Waals surface area (Å²) in [7, 11) is 0. The molecule has 4 aliphatic carbocycles. The molecule has 4 fully saturated rings. The van der Waals surface area contributed by atoms with Crippen LogP contribution in [0.1, 0.15) is 86.2 Å². The van der Waals surface area contributed by atoms with Gasteiger partial charge in [-0.2, -0.15) is 0 Å². The highest BCUT2D eigenvalue weighted by Gasteiger charge is 2.48. The maximum atomic E-state index is 12.7. The predicted octanol–water partition coefficient (Wildman–Crippen LogP) is 8.90. The molecule has 2 heterocycles. The number of aryl methyl sites for hydroxylation is 1. The average molecular weight is 648 g/mol.